The van der Waals surface area contributed by atoms with E-state index in [1.165, 1.54) is 12.2 Å². The summed E-state index contributed by atoms with van der Waals surface area (Å²) in [5.74, 6) is -3.46. The molecular weight excluding hydrogens is 551 g/mol. The van der Waals surface area contributed by atoms with Gasteiger partial charge in [0.2, 0.25) is 5.78 Å². The van der Waals surface area contributed by atoms with E-state index in [0.717, 1.165) is 0 Å². The Hall–Kier alpha value is -2.02. The minimum atomic E-state index is -2.05. The van der Waals surface area contributed by atoms with Crippen molar-refractivity contribution in [3.8, 4) is 0 Å². The molecule has 0 bridgehead atoms. The summed E-state index contributed by atoms with van der Waals surface area (Å²) in [5.41, 5.74) is -5.06. The number of methoxy groups -OCH3 is 1. The topological polar surface area (TPSA) is 127 Å². The Morgan fingerprint density at radius 3 is 2.52 bits per heavy atom. The van der Waals surface area contributed by atoms with Crippen LogP contribution in [-0.2, 0) is 42.8 Å². The van der Waals surface area contributed by atoms with Gasteiger partial charge in [0.1, 0.15) is 6.61 Å². The molecule has 1 N–H and O–H groups in total. The molecule has 8 atom stereocenters. The number of carbonyl (C=O) groups excluding carboxylic acids is 3. The molecule has 11 heteroatoms. The quantitative estimate of drug-likeness (QED) is 0.282. The monoisotopic (exact) mass is 594 g/mol. The Labute approximate surface area is 245 Å². The van der Waals surface area contributed by atoms with Crippen LogP contribution in [0.5, 0.6) is 0 Å². The second-order valence-corrected chi connectivity index (χ2v) is 13.1. The van der Waals surface area contributed by atoms with E-state index in [4.69, 9.17) is 28.4 Å². The molecule has 0 aromatic rings. The van der Waals surface area contributed by atoms with Crippen molar-refractivity contribution in [2.75, 3.05) is 46.8 Å². The lowest BCUT2D eigenvalue weighted by molar-refractivity contribution is -0.246. The molecule has 5 aliphatic rings. The zero-order chi connectivity index (χ0) is 30.6. The molecule has 5 rings (SSSR count). The van der Waals surface area contributed by atoms with Crippen molar-refractivity contribution in [1.82, 2.24) is 0 Å². The third-order valence-electron chi connectivity index (χ3n) is 10.4. The number of rotatable bonds is 11. The average molecular weight is 595 g/mol. The SMILES string of the molecule is COCCOCCOCC(=O)OCC(=O)[C@@]12OC(C)(C)O[C@@H]1CC1C3CCC4=CC(=O)C=CC4(C)[C@@]3(F)[C@@H](O)CC12C. The maximum atomic E-state index is 17.5. The lowest BCUT2D eigenvalue weighted by Gasteiger charge is -2.62. The van der Waals surface area contributed by atoms with Crippen LogP contribution < -0.4 is 0 Å². The number of hydrogen-bond acceptors (Lipinski definition) is 10. The van der Waals surface area contributed by atoms with Crippen LogP contribution in [0.4, 0.5) is 4.39 Å². The van der Waals surface area contributed by atoms with E-state index >= 15 is 4.39 Å². The molecular formula is C31H43FO10. The molecule has 1 aliphatic heterocycles. The second kappa shape index (κ2) is 11.2. The molecule has 0 aromatic heterocycles. The van der Waals surface area contributed by atoms with Gasteiger partial charge in [0.15, 0.2) is 29.4 Å². The molecule has 234 valence electrons. The minimum absolute atomic E-state index is 0.0584. The Morgan fingerprint density at radius 2 is 1.79 bits per heavy atom. The number of aliphatic hydroxyl groups is 1. The molecule has 42 heavy (non-hydrogen) atoms. The number of ether oxygens (including phenoxy) is 6. The number of carbonyl (C=O) groups is 3. The van der Waals surface area contributed by atoms with Crippen LogP contribution >= 0.6 is 0 Å². The average Bonchev–Trinajstić information content (AvgIpc) is 3.33. The van der Waals surface area contributed by atoms with E-state index in [1.54, 1.807) is 34.0 Å². The van der Waals surface area contributed by atoms with Gasteiger partial charge in [0.05, 0.1) is 38.6 Å². The normalized spacial score (nSPS) is 41.4. The highest BCUT2D eigenvalue weighted by Gasteiger charge is 2.80. The molecule has 0 spiro atoms. The summed E-state index contributed by atoms with van der Waals surface area (Å²) in [7, 11) is 1.57. The fourth-order valence-corrected chi connectivity index (χ4v) is 8.62. The first-order chi connectivity index (χ1) is 19.7. The third-order valence-corrected chi connectivity index (χ3v) is 10.4. The fraction of sp³-hybridized carbons (Fsp3) is 0.774. The summed E-state index contributed by atoms with van der Waals surface area (Å²) < 4.78 is 51.0. The van der Waals surface area contributed by atoms with E-state index < -0.39 is 64.4 Å². The number of hydrogen-bond donors (Lipinski definition) is 1. The first-order valence-electron chi connectivity index (χ1n) is 14.8. The molecule has 0 aromatic carbocycles. The molecule has 10 nitrogen and oxygen atoms in total. The van der Waals surface area contributed by atoms with E-state index in [9.17, 15) is 19.5 Å². The van der Waals surface area contributed by atoms with Gasteiger partial charge in [-0.2, -0.15) is 0 Å². The Kier molecular flexibility index (Phi) is 8.35. The number of aliphatic hydroxyl groups excluding tert-OH is 1. The molecule has 0 amide bonds. The summed E-state index contributed by atoms with van der Waals surface area (Å²) in [4.78, 5) is 38.6. The van der Waals surface area contributed by atoms with Gasteiger partial charge in [-0.3, -0.25) is 9.59 Å². The Bertz CT molecular complexity index is 1170. The summed E-state index contributed by atoms with van der Waals surface area (Å²) in [6.45, 7) is 7.45. The number of Topliss-reactive ketones (excluding diaryl/α,β-unsaturated/α-hetero) is 1. The van der Waals surface area contributed by atoms with Gasteiger partial charge >= 0.3 is 5.97 Å². The first kappa shape index (κ1) is 31.4. The zero-order valence-corrected chi connectivity index (χ0v) is 25.1. The van der Waals surface area contributed by atoms with Crippen molar-refractivity contribution in [1.29, 1.82) is 0 Å². The van der Waals surface area contributed by atoms with Gasteiger partial charge in [0, 0.05) is 23.9 Å². The van der Waals surface area contributed by atoms with Crippen LogP contribution in [0.1, 0.15) is 53.4 Å². The van der Waals surface area contributed by atoms with Crippen LogP contribution in [0.2, 0.25) is 0 Å². The van der Waals surface area contributed by atoms with Gasteiger partial charge in [-0.15, -0.1) is 0 Å². The zero-order valence-electron chi connectivity index (χ0n) is 25.1. The molecule has 4 unspecified atom stereocenters. The van der Waals surface area contributed by atoms with Gasteiger partial charge in [-0.25, -0.2) is 9.18 Å². The maximum Gasteiger partial charge on any atom is 0.332 e. The van der Waals surface area contributed by atoms with Gasteiger partial charge in [-0.1, -0.05) is 18.6 Å². The number of halogens is 1. The van der Waals surface area contributed by atoms with Crippen molar-refractivity contribution in [2.45, 2.75) is 82.6 Å². The van der Waals surface area contributed by atoms with Gasteiger partial charge in [0.25, 0.3) is 0 Å². The lowest BCUT2D eigenvalue weighted by atomic mass is 9.44. The van der Waals surface area contributed by atoms with E-state index in [1.807, 2.05) is 6.92 Å². The van der Waals surface area contributed by atoms with Crippen LogP contribution in [-0.4, -0.2) is 98.7 Å². The van der Waals surface area contributed by atoms with Crippen molar-refractivity contribution < 1.29 is 52.3 Å². The summed E-state index contributed by atoms with van der Waals surface area (Å²) in [6, 6.07) is 0. The van der Waals surface area contributed by atoms with Crippen LogP contribution in [0.25, 0.3) is 0 Å². The number of alkyl halides is 1. The van der Waals surface area contributed by atoms with Gasteiger partial charge in [-0.05, 0) is 64.5 Å². The standard InChI is InChI=1S/C31H43FO10/c1-27(2)41-25-15-22-21-7-6-19-14-20(33)8-9-28(19,3)30(21,32)23(34)16-29(22,4)31(25,42-27)24(35)17-40-26(36)18-39-13-12-38-11-10-37-5/h8-9,14,21-23,25,34H,6-7,10-13,15-18H2,1-5H3/t21?,22?,23-,25+,28?,29?,30-,31+/m0/s1. The molecule has 3 saturated carbocycles. The number of allylic oxidation sites excluding steroid dienone is 4. The maximum absolute atomic E-state index is 17.5. The smallest absolute Gasteiger partial charge is 0.332 e. The predicted octanol–water partition coefficient (Wildman–Crippen LogP) is 2.65. The lowest BCUT2D eigenvalue weighted by Crippen LogP contribution is -2.70. The van der Waals surface area contributed by atoms with Crippen LogP contribution in [0, 0.1) is 22.7 Å². The summed E-state index contributed by atoms with van der Waals surface area (Å²) in [5, 5.41) is 11.7. The highest BCUT2D eigenvalue weighted by Crippen LogP contribution is 2.72. The first-order valence-corrected chi connectivity index (χ1v) is 14.8. The Balaban J connectivity index is 1.34. The molecule has 4 fully saturated rings. The van der Waals surface area contributed by atoms with Crippen LogP contribution in [0.15, 0.2) is 23.8 Å². The van der Waals surface area contributed by atoms with Crippen molar-refractivity contribution in [3.05, 3.63) is 23.8 Å². The molecule has 1 saturated heterocycles. The van der Waals surface area contributed by atoms with Crippen molar-refractivity contribution in [2.24, 2.45) is 22.7 Å². The van der Waals surface area contributed by atoms with E-state index in [-0.39, 0.29) is 37.9 Å². The summed E-state index contributed by atoms with van der Waals surface area (Å²) in [6.07, 6.45) is 3.54. The number of fused-ring (bicyclic) bond motifs is 7. The van der Waals surface area contributed by atoms with Crippen molar-refractivity contribution in [3.63, 3.8) is 0 Å². The third kappa shape index (κ3) is 4.71. The Morgan fingerprint density at radius 1 is 1.07 bits per heavy atom. The van der Waals surface area contributed by atoms with Crippen molar-refractivity contribution >= 4 is 17.5 Å². The van der Waals surface area contributed by atoms with Gasteiger partial charge < -0.3 is 33.5 Å². The fourth-order valence-electron chi connectivity index (χ4n) is 8.62. The van der Waals surface area contributed by atoms with E-state index in [0.29, 0.717) is 38.0 Å². The summed E-state index contributed by atoms with van der Waals surface area (Å²) >= 11 is 0. The van der Waals surface area contributed by atoms with E-state index in [2.05, 4.69) is 0 Å². The molecule has 1 heterocycles. The minimum Gasteiger partial charge on any atom is -0.456 e. The number of esters is 1. The number of ketones is 2. The highest BCUT2D eigenvalue weighted by atomic mass is 19.1. The van der Waals surface area contributed by atoms with Crippen LogP contribution in [0.3, 0.4) is 0 Å². The second-order valence-electron chi connectivity index (χ2n) is 13.1. The predicted molar refractivity (Wildman–Crippen MR) is 146 cm³/mol. The highest BCUT2D eigenvalue weighted by molar-refractivity contribution is 6.01. The molecule has 0 radical (unpaired) electrons. The largest absolute Gasteiger partial charge is 0.456 e. The molecule has 4 aliphatic carbocycles.